The zero-order valence-electron chi connectivity index (χ0n) is 17.6. The van der Waals surface area contributed by atoms with E-state index in [9.17, 15) is 8.42 Å². The summed E-state index contributed by atoms with van der Waals surface area (Å²) in [5, 5.41) is 0. The van der Waals surface area contributed by atoms with Gasteiger partial charge in [-0.1, -0.05) is 36.4 Å². The molecule has 7 nitrogen and oxygen atoms in total. The number of nitrogens with zero attached hydrogens (tertiary/aromatic N) is 3. The van der Waals surface area contributed by atoms with Gasteiger partial charge in [0.2, 0.25) is 10.0 Å². The molecule has 1 aliphatic heterocycles. The minimum atomic E-state index is -3.87. The Bertz CT molecular complexity index is 1390. The van der Waals surface area contributed by atoms with Gasteiger partial charge in [0.15, 0.2) is 11.5 Å². The van der Waals surface area contributed by atoms with Crippen molar-refractivity contribution in [3.63, 3.8) is 0 Å². The average Bonchev–Trinajstić information content (AvgIpc) is 3.31. The molecule has 1 aromatic heterocycles. The molecular formula is C23H21N3O4S2. The maximum atomic E-state index is 14.0. The summed E-state index contributed by atoms with van der Waals surface area (Å²) in [6.45, 7) is 0.332. The van der Waals surface area contributed by atoms with Crippen LogP contribution in [0, 0.1) is 0 Å². The van der Waals surface area contributed by atoms with Gasteiger partial charge >= 0.3 is 0 Å². The summed E-state index contributed by atoms with van der Waals surface area (Å²) in [4.78, 5) is 0.175. The molecule has 0 aliphatic carbocycles. The zero-order valence-corrected chi connectivity index (χ0v) is 19.2. The summed E-state index contributed by atoms with van der Waals surface area (Å²) in [6.07, 6.45) is 0.559. The van der Waals surface area contributed by atoms with E-state index in [1.165, 1.54) is 0 Å². The second kappa shape index (κ2) is 8.16. The third kappa shape index (κ3) is 3.33. The van der Waals surface area contributed by atoms with Crippen molar-refractivity contribution in [1.82, 2.24) is 13.1 Å². The van der Waals surface area contributed by atoms with E-state index in [2.05, 4.69) is 8.75 Å². The molecule has 0 radical (unpaired) electrons. The van der Waals surface area contributed by atoms with Gasteiger partial charge in [0.1, 0.15) is 15.9 Å². The van der Waals surface area contributed by atoms with Crippen LogP contribution in [-0.4, -0.2) is 42.2 Å². The number of hydrogen-bond acceptors (Lipinski definition) is 7. The van der Waals surface area contributed by atoms with Crippen molar-refractivity contribution in [3.05, 3.63) is 77.4 Å². The molecule has 0 bridgehead atoms. The zero-order chi connectivity index (χ0) is 22.3. The van der Waals surface area contributed by atoms with Gasteiger partial charge in [-0.05, 0) is 47.4 Å². The molecule has 0 unspecified atom stereocenters. The highest BCUT2D eigenvalue weighted by atomic mass is 32.2. The number of hydrogen-bond donors (Lipinski definition) is 0. The molecule has 0 spiro atoms. The first kappa shape index (κ1) is 20.9. The fraction of sp³-hybridized carbons (Fsp3) is 0.217. The first-order valence-electron chi connectivity index (χ1n) is 10.1. The third-order valence-corrected chi connectivity index (χ3v) is 8.22. The van der Waals surface area contributed by atoms with E-state index in [1.807, 2.05) is 42.5 Å². The number of aromatic nitrogens is 2. The van der Waals surface area contributed by atoms with Crippen LogP contribution in [0.3, 0.4) is 0 Å². The molecule has 9 heteroatoms. The lowest BCUT2D eigenvalue weighted by atomic mass is 9.89. The lowest BCUT2D eigenvalue weighted by Gasteiger charge is -2.37. The van der Waals surface area contributed by atoms with Crippen LogP contribution in [0.4, 0.5) is 0 Å². The van der Waals surface area contributed by atoms with Crippen molar-refractivity contribution < 1.29 is 17.9 Å². The van der Waals surface area contributed by atoms with Crippen LogP contribution in [0.1, 0.15) is 22.7 Å². The van der Waals surface area contributed by atoms with E-state index in [-0.39, 0.29) is 4.90 Å². The highest BCUT2D eigenvalue weighted by Crippen LogP contribution is 2.43. The summed E-state index contributed by atoms with van der Waals surface area (Å²) in [5.74, 6) is 1.20. The Balaban J connectivity index is 1.72. The molecule has 164 valence electrons. The summed E-state index contributed by atoms with van der Waals surface area (Å²) in [6, 6.07) is 18.1. The van der Waals surface area contributed by atoms with Crippen LogP contribution in [0.5, 0.6) is 11.5 Å². The predicted octanol–water partition coefficient (Wildman–Crippen LogP) is 4.04. The van der Waals surface area contributed by atoms with Crippen LogP contribution < -0.4 is 9.47 Å². The van der Waals surface area contributed by atoms with Gasteiger partial charge < -0.3 is 9.47 Å². The standard InChI is InChI=1S/C23H21N3O4S2/c1-29-19-13-16-11-12-26(32(27,28)21-10-6-9-18-22(21)25-31-24-18)23(15-7-4-3-5-8-15)17(16)14-20(19)30-2/h3-10,13-14,23H,11-12H2,1-2H3/t23-/m0/s1. The minimum Gasteiger partial charge on any atom is -0.493 e. The number of fused-ring (bicyclic) bond motifs is 2. The quantitative estimate of drug-likeness (QED) is 0.441. The summed E-state index contributed by atoms with van der Waals surface area (Å²) >= 11 is 1.01. The van der Waals surface area contributed by atoms with Crippen LogP contribution >= 0.6 is 11.7 Å². The van der Waals surface area contributed by atoms with E-state index in [0.717, 1.165) is 28.4 Å². The Hall–Kier alpha value is -3.01. The third-order valence-electron chi connectivity index (χ3n) is 5.78. The predicted molar refractivity (Wildman–Crippen MR) is 123 cm³/mol. The van der Waals surface area contributed by atoms with Gasteiger partial charge in [-0.3, -0.25) is 0 Å². The molecule has 1 atom stereocenters. The molecular weight excluding hydrogens is 446 g/mol. The molecule has 1 aliphatic rings. The summed E-state index contributed by atoms with van der Waals surface area (Å²) in [7, 11) is -0.692. The number of benzene rings is 3. The van der Waals surface area contributed by atoms with Crippen molar-refractivity contribution in [2.75, 3.05) is 20.8 Å². The van der Waals surface area contributed by atoms with E-state index in [1.54, 1.807) is 36.7 Å². The van der Waals surface area contributed by atoms with Crippen molar-refractivity contribution >= 4 is 32.8 Å². The molecule has 0 amide bonds. The van der Waals surface area contributed by atoms with E-state index >= 15 is 0 Å². The molecule has 5 rings (SSSR count). The SMILES string of the molecule is COc1cc2c(cc1OC)[C@H](c1ccccc1)N(S(=O)(=O)c1cccc3nsnc13)CC2. The second-order valence-corrected chi connectivity index (χ2v) is 9.86. The molecule has 0 saturated carbocycles. The van der Waals surface area contributed by atoms with Gasteiger partial charge in [0, 0.05) is 6.54 Å². The van der Waals surface area contributed by atoms with Crippen molar-refractivity contribution in [1.29, 1.82) is 0 Å². The number of rotatable bonds is 5. The monoisotopic (exact) mass is 467 g/mol. The normalized spacial score (nSPS) is 16.6. The summed E-state index contributed by atoms with van der Waals surface area (Å²) < 4.78 is 49.0. The molecule has 0 N–H and O–H groups in total. The van der Waals surface area contributed by atoms with Crippen LogP contribution in [0.25, 0.3) is 11.0 Å². The van der Waals surface area contributed by atoms with E-state index < -0.39 is 16.1 Å². The Morgan fingerprint density at radius 1 is 0.969 bits per heavy atom. The van der Waals surface area contributed by atoms with Crippen molar-refractivity contribution in [2.45, 2.75) is 17.4 Å². The highest BCUT2D eigenvalue weighted by Gasteiger charge is 2.39. The molecule has 4 aromatic rings. The van der Waals surface area contributed by atoms with Gasteiger partial charge in [0.05, 0.1) is 32.0 Å². The van der Waals surface area contributed by atoms with E-state index in [0.29, 0.717) is 35.5 Å². The van der Waals surface area contributed by atoms with Crippen molar-refractivity contribution in [3.8, 4) is 11.5 Å². The van der Waals surface area contributed by atoms with E-state index in [4.69, 9.17) is 9.47 Å². The second-order valence-electron chi connectivity index (χ2n) is 7.47. The fourth-order valence-electron chi connectivity index (χ4n) is 4.28. The largest absolute Gasteiger partial charge is 0.493 e. The first-order valence-corrected chi connectivity index (χ1v) is 12.2. The topological polar surface area (TPSA) is 81.6 Å². The van der Waals surface area contributed by atoms with Gasteiger partial charge in [0.25, 0.3) is 0 Å². The van der Waals surface area contributed by atoms with Gasteiger partial charge in [-0.2, -0.15) is 13.1 Å². The molecule has 3 aromatic carbocycles. The Kier molecular flexibility index (Phi) is 5.32. The highest BCUT2D eigenvalue weighted by molar-refractivity contribution is 7.89. The average molecular weight is 468 g/mol. The molecule has 32 heavy (non-hydrogen) atoms. The molecule has 0 fully saturated rings. The number of ether oxygens (including phenoxy) is 2. The number of sulfonamides is 1. The maximum Gasteiger partial charge on any atom is 0.246 e. The first-order chi connectivity index (χ1) is 15.5. The van der Waals surface area contributed by atoms with Crippen molar-refractivity contribution in [2.24, 2.45) is 0 Å². The minimum absolute atomic E-state index is 0.175. The smallest absolute Gasteiger partial charge is 0.246 e. The van der Waals surface area contributed by atoms with Crippen LogP contribution in [0.15, 0.2) is 65.6 Å². The number of methoxy groups -OCH3 is 2. The van der Waals surface area contributed by atoms with Crippen LogP contribution in [0.2, 0.25) is 0 Å². The molecule has 2 heterocycles. The van der Waals surface area contributed by atoms with Gasteiger partial charge in [-0.25, -0.2) is 8.42 Å². The lowest BCUT2D eigenvalue weighted by Crippen LogP contribution is -2.40. The van der Waals surface area contributed by atoms with Crippen LogP contribution in [-0.2, 0) is 16.4 Å². The Morgan fingerprint density at radius 2 is 1.72 bits per heavy atom. The fourth-order valence-corrected chi connectivity index (χ4v) is 6.63. The Morgan fingerprint density at radius 3 is 2.47 bits per heavy atom. The van der Waals surface area contributed by atoms with Gasteiger partial charge in [-0.15, -0.1) is 0 Å². The maximum absolute atomic E-state index is 14.0. The summed E-state index contributed by atoms with van der Waals surface area (Å²) in [5.41, 5.74) is 3.79. The molecule has 0 saturated heterocycles. The Labute approximate surface area is 190 Å². The lowest BCUT2D eigenvalue weighted by molar-refractivity contribution is 0.332.